The number of anilines is 1. The molecule has 0 radical (unpaired) electrons. The normalized spacial score (nSPS) is 20.2. The number of halogens is 1. The predicted octanol–water partition coefficient (Wildman–Crippen LogP) is 6.78. The van der Waals surface area contributed by atoms with Gasteiger partial charge in [0, 0.05) is 27.2 Å². The smallest absolute Gasteiger partial charge is 0.258 e. The van der Waals surface area contributed by atoms with Gasteiger partial charge >= 0.3 is 0 Å². The molecule has 148 valence electrons. The quantitative estimate of drug-likeness (QED) is 0.461. The van der Waals surface area contributed by atoms with Crippen LogP contribution < -0.4 is 4.90 Å². The van der Waals surface area contributed by atoms with Crippen LogP contribution in [0.25, 0.3) is 0 Å². The molecule has 0 saturated heterocycles. The zero-order valence-electron chi connectivity index (χ0n) is 17.4. The maximum absolute atomic E-state index is 13.6. The van der Waals surface area contributed by atoms with Gasteiger partial charge in [-0.05, 0) is 62.6 Å². The van der Waals surface area contributed by atoms with Gasteiger partial charge in [-0.1, -0.05) is 72.6 Å². The van der Waals surface area contributed by atoms with Gasteiger partial charge in [-0.2, -0.15) is 0 Å². The van der Waals surface area contributed by atoms with E-state index < -0.39 is 0 Å². The summed E-state index contributed by atoms with van der Waals surface area (Å²) in [5.41, 5.74) is 4.70. The van der Waals surface area contributed by atoms with Crippen LogP contribution >= 0.6 is 11.6 Å². The Morgan fingerprint density at radius 2 is 1.66 bits per heavy atom. The second kappa shape index (κ2) is 7.03. The van der Waals surface area contributed by atoms with Crippen LogP contribution in [0.1, 0.15) is 54.2 Å². The molecule has 3 aromatic rings. The number of carbonyl (C=O) groups excluding carboxylic acids is 1. The summed E-state index contributed by atoms with van der Waals surface area (Å²) in [4.78, 5) is 15.6. The van der Waals surface area contributed by atoms with Crippen LogP contribution in [-0.4, -0.2) is 11.4 Å². The third kappa shape index (κ3) is 3.36. The monoisotopic (exact) mass is 403 g/mol. The summed E-state index contributed by atoms with van der Waals surface area (Å²) in [6.45, 7) is 8.71. The Bertz CT molecular complexity index is 1070. The van der Waals surface area contributed by atoms with Crippen molar-refractivity contribution >= 4 is 23.2 Å². The van der Waals surface area contributed by atoms with Gasteiger partial charge < -0.3 is 4.90 Å². The molecular formula is C26H26ClNO. The summed E-state index contributed by atoms with van der Waals surface area (Å²) in [7, 11) is 0. The molecule has 1 amide bonds. The molecule has 3 aromatic carbocycles. The van der Waals surface area contributed by atoms with E-state index in [4.69, 9.17) is 11.6 Å². The Morgan fingerprint density at radius 1 is 0.931 bits per heavy atom. The van der Waals surface area contributed by atoms with Gasteiger partial charge in [-0.25, -0.2) is 0 Å². The summed E-state index contributed by atoms with van der Waals surface area (Å²) in [5, 5.41) is 0.573. The molecule has 0 aliphatic carbocycles. The van der Waals surface area contributed by atoms with Crippen LogP contribution in [-0.2, 0) is 5.41 Å². The fourth-order valence-corrected chi connectivity index (χ4v) is 5.04. The molecule has 0 bridgehead atoms. The van der Waals surface area contributed by atoms with Crippen LogP contribution in [0.5, 0.6) is 0 Å². The molecule has 1 heterocycles. The second-order valence-electron chi connectivity index (χ2n) is 8.86. The molecule has 1 aliphatic heterocycles. The van der Waals surface area contributed by atoms with Crippen molar-refractivity contribution in [3.63, 3.8) is 0 Å². The minimum absolute atomic E-state index is 0.0160. The number of fused-ring (bicyclic) bond motifs is 1. The molecule has 4 rings (SSSR count). The Hall–Kier alpha value is -2.58. The van der Waals surface area contributed by atoms with Crippen molar-refractivity contribution in [2.24, 2.45) is 0 Å². The fourth-order valence-electron chi connectivity index (χ4n) is 4.85. The minimum Gasteiger partial charge on any atom is -0.302 e. The molecule has 2 nitrogen and oxygen atoms in total. The number of benzene rings is 3. The van der Waals surface area contributed by atoms with E-state index in [1.807, 2.05) is 23.1 Å². The van der Waals surface area contributed by atoms with E-state index in [1.54, 1.807) is 12.1 Å². The number of nitrogens with zero attached hydrogens (tertiary/aromatic N) is 1. The maximum Gasteiger partial charge on any atom is 0.258 e. The number of rotatable bonds is 2. The van der Waals surface area contributed by atoms with E-state index in [2.05, 4.69) is 70.2 Å². The summed E-state index contributed by atoms with van der Waals surface area (Å²) in [6, 6.07) is 24.2. The lowest BCUT2D eigenvalue weighted by Crippen LogP contribution is -2.55. The standard InChI is InChI=1S/C26H26ClNO/c1-18-13-14-23-22(15-18)26(4,20-10-6-5-7-11-20)17-25(2,3)28(23)24(29)19-9-8-12-21(27)16-19/h5-16H,17H2,1-4H3/t26-/m0/s1. The van der Waals surface area contributed by atoms with Crippen molar-refractivity contribution in [3.05, 3.63) is 100 Å². The van der Waals surface area contributed by atoms with Gasteiger partial charge in [0.2, 0.25) is 0 Å². The van der Waals surface area contributed by atoms with Crippen molar-refractivity contribution in [2.45, 2.75) is 45.1 Å². The molecule has 0 N–H and O–H groups in total. The average Bonchev–Trinajstić information content (AvgIpc) is 2.68. The Balaban J connectivity index is 1.92. The van der Waals surface area contributed by atoms with Crippen LogP contribution in [0.15, 0.2) is 72.8 Å². The van der Waals surface area contributed by atoms with Crippen LogP contribution in [0, 0.1) is 6.92 Å². The van der Waals surface area contributed by atoms with E-state index in [0.29, 0.717) is 10.6 Å². The van der Waals surface area contributed by atoms with E-state index >= 15 is 0 Å². The highest BCUT2D eigenvalue weighted by molar-refractivity contribution is 6.31. The summed E-state index contributed by atoms with van der Waals surface area (Å²) in [5.74, 6) is -0.0160. The number of aryl methyl sites for hydroxylation is 1. The van der Waals surface area contributed by atoms with Gasteiger partial charge in [0.25, 0.3) is 5.91 Å². The molecule has 1 aliphatic rings. The van der Waals surface area contributed by atoms with Crippen LogP contribution in [0.2, 0.25) is 5.02 Å². The topological polar surface area (TPSA) is 20.3 Å². The Morgan fingerprint density at radius 3 is 2.34 bits per heavy atom. The third-order valence-electron chi connectivity index (χ3n) is 6.06. The van der Waals surface area contributed by atoms with E-state index in [1.165, 1.54) is 16.7 Å². The minimum atomic E-state index is -0.369. The first-order valence-corrected chi connectivity index (χ1v) is 10.4. The number of carbonyl (C=O) groups is 1. The molecule has 0 aromatic heterocycles. The first kappa shape index (κ1) is 19.7. The second-order valence-corrected chi connectivity index (χ2v) is 9.30. The molecule has 0 saturated carbocycles. The van der Waals surface area contributed by atoms with Gasteiger partial charge in [0.1, 0.15) is 0 Å². The van der Waals surface area contributed by atoms with E-state index in [9.17, 15) is 4.79 Å². The average molecular weight is 404 g/mol. The van der Waals surface area contributed by atoms with Crippen molar-refractivity contribution < 1.29 is 4.79 Å². The molecular weight excluding hydrogens is 378 g/mol. The van der Waals surface area contributed by atoms with Gasteiger partial charge in [-0.3, -0.25) is 4.79 Å². The largest absolute Gasteiger partial charge is 0.302 e. The highest BCUT2D eigenvalue weighted by Crippen LogP contribution is 2.51. The zero-order chi connectivity index (χ0) is 20.8. The fraction of sp³-hybridized carbons (Fsp3) is 0.269. The van der Waals surface area contributed by atoms with Crippen molar-refractivity contribution in [3.8, 4) is 0 Å². The third-order valence-corrected chi connectivity index (χ3v) is 6.30. The first-order valence-electron chi connectivity index (χ1n) is 9.99. The van der Waals surface area contributed by atoms with Gasteiger partial charge in [-0.15, -0.1) is 0 Å². The van der Waals surface area contributed by atoms with Crippen LogP contribution in [0.3, 0.4) is 0 Å². The zero-order valence-corrected chi connectivity index (χ0v) is 18.1. The summed E-state index contributed by atoms with van der Waals surface area (Å²) >= 11 is 6.17. The highest BCUT2D eigenvalue weighted by Gasteiger charge is 2.47. The lowest BCUT2D eigenvalue weighted by molar-refractivity contribution is 0.0948. The molecule has 0 fully saturated rings. The molecule has 3 heteroatoms. The van der Waals surface area contributed by atoms with Crippen LogP contribution in [0.4, 0.5) is 5.69 Å². The predicted molar refractivity (Wildman–Crippen MR) is 121 cm³/mol. The lowest BCUT2D eigenvalue weighted by Gasteiger charge is -2.51. The lowest BCUT2D eigenvalue weighted by atomic mass is 9.65. The molecule has 29 heavy (non-hydrogen) atoms. The van der Waals surface area contributed by atoms with Crippen molar-refractivity contribution in [1.29, 1.82) is 0 Å². The van der Waals surface area contributed by atoms with Crippen molar-refractivity contribution in [2.75, 3.05) is 4.90 Å². The number of hydrogen-bond acceptors (Lipinski definition) is 1. The van der Waals surface area contributed by atoms with Gasteiger partial charge in [0.05, 0.1) is 0 Å². The summed E-state index contributed by atoms with van der Waals surface area (Å²) < 4.78 is 0. The summed E-state index contributed by atoms with van der Waals surface area (Å²) in [6.07, 6.45) is 0.826. The molecule has 1 atom stereocenters. The first-order chi connectivity index (χ1) is 13.7. The van der Waals surface area contributed by atoms with Crippen molar-refractivity contribution in [1.82, 2.24) is 0 Å². The van der Waals surface area contributed by atoms with E-state index in [-0.39, 0.29) is 16.9 Å². The Kier molecular flexibility index (Phi) is 4.78. The number of amides is 1. The molecule has 0 unspecified atom stereocenters. The van der Waals surface area contributed by atoms with E-state index in [0.717, 1.165) is 12.1 Å². The highest BCUT2D eigenvalue weighted by atomic mass is 35.5. The van der Waals surface area contributed by atoms with Gasteiger partial charge in [0.15, 0.2) is 0 Å². The SMILES string of the molecule is Cc1ccc2c(c1)[C@](C)(c1ccccc1)CC(C)(C)N2C(=O)c1cccc(Cl)c1. The Labute approximate surface area is 178 Å². The molecule has 0 spiro atoms. The maximum atomic E-state index is 13.6. The number of hydrogen-bond donors (Lipinski definition) is 0.